The summed E-state index contributed by atoms with van der Waals surface area (Å²) in [6.45, 7) is 5.28. The molecule has 2 atom stereocenters. The minimum atomic E-state index is -0.998. The number of rotatable bonds is 6. The quantitative estimate of drug-likeness (QED) is 0.485. The zero-order valence-electron chi connectivity index (χ0n) is 23.3. The second-order valence-corrected chi connectivity index (χ2v) is 10.9. The Labute approximate surface area is 239 Å². The van der Waals surface area contributed by atoms with Gasteiger partial charge in [-0.05, 0) is 24.9 Å². The largest absolute Gasteiger partial charge is 0.465 e. The highest BCUT2D eigenvalue weighted by molar-refractivity contribution is 5.94. The predicted molar refractivity (Wildman–Crippen MR) is 154 cm³/mol. The molecule has 6 rings (SSSR count). The zero-order valence-corrected chi connectivity index (χ0v) is 23.3. The van der Waals surface area contributed by atoms with E-state index in [4.69, 9.17) is 19.4 Å². The summed E-state index contributed by atoms with van der Waals surface area (Å²) in [7, 11) is 2.07. The molecule has 0 saturated carbocycles. The van der Waals surface area contributed by atoms with Gasteiger partial charge in [-0.15, -0.1) is 0 Å². The Morgan fingerprint density at radius 1 is 1.10 bits per heavy atom. The number of carboxylic acid groups (broad SMARTS) is 1. The summed E-state index contributed by atoms with van der Waals surface area (Å²) < 4.78 is 12.0. The van der Waals surface area contributed by atoms with Crippen molar-refractivity contribution in [3.63, 3.8) is 0 Å². The van der Waals surface area contributed by atoms with Crippen LogP contribution in [0.5, 0.6) is 6.01 Å². The summed E-state index contributed by atoms with van der Waals surface area (Å²) in [5.74, 6) is 0.775. The molecule has 3 aliphatic heterocycles. The van der Waals surface area contributed by atoms with E-state index in [-0.39, 0.29) is 12.5 Å². The van der Waals surface area contributed by atoms with E-state index in [9.17, 15) is 15.2 Å². The van der Waals surface area contributed by atoms with Crippen LogP contribution in [0.3, 0.4) is 0 Å². The van der Waals surface area contributed by atoms with E-state index in [1.165, 1.54) is 21.4 Å². The van der Waals surface area contributed by atoms with E-state index in [0.717, 1.165) is 43.1 Å². The van der Waals surface area contributed by atoms with Gasteiger partial charge in [0.25, 0.3) is 0 Å². The zero-order chi connectivity index (χ0) is 28.3. The summed E-state index contributed by atoms with van der Waals surface area (Å²) in [4.78, 5) is 29.6. The van der Waals surface area contributed by atoms with Crippen LogP contribution >= 0.6 is 0 Å². The van der Waals surface area contributed by atoms with Gasteiger partial charge in [-0.3, -0.25) is 0 Å². The fourth-order valence-electron chi connectivity index (χ4n) is 6.12. The lowest BCUT2D eigenvalue weighted by molar-refractivity contribution is -0.0417. The Bertz CT molecular complexity index is 1460. The Kier molecular flexibility index (Phi) is 7.76. The highest BCUT2D eigenvalue weighted by Gasteiger charge is 2.34. The number of likely N-dealkylation sites (N-methyl/N-ethyl adjacent to an activating group) is 1. The molecule has 2 fully saturated rings. The molecule has 0 spiro atoms. The number of aromatic nitrogens is 2. The maximum Gasteiger partial charge on any atom is 0.407 e. The number of piperazine rings is 1. The summed E-state index contributed by atoms with van der Waals surface area (Å²) in [6.07, 6.45) is -0.196. The van der Waals surface area contributed by atoms with E-state index in [0.29, 0.717) is 45.4 Å². The molecule has 1 amide bonds. The maximum atomic E-state index is 11.8. The summed E-state index contributed by atoms with van der Waals surface area (Å²) in [5, 5.41) is 21.5. The summed E-state index contributed by atoms with van der Waals surface area (Å²) in [5.41, 5.74) is 3.13. The van der Waals surface area contributed by atoms with Gasteiger partial charge in [0.05, 0.1) is 37.4 Å². The number of hydrogen-bond acceptors (Lipinski definition) is 9. The van der Waals surface area contributed by atoms with Crippen molar-refractivity contribution in [2.75, 3.05) is 69.3 Å². The molecular weight excluding hydrogens is 522 g/mol. The van der Waals surface area contributed by atoms with Gasteiger partial charge in [0.15, 0.2) is 0 Å². The first-order valence-electron chi connectivity index (χ1n) is 14.2. The van der Waals surface area contributed by atoms with Gasteiger partial charge >= 0.3 is 12.1 Å². The molecule has 1 aromatic heterocycles. The molecule has 4 heterocycles. The van der Waals surface area contributed by atoms with E-state index in [1.807, 2.05) is 0 Å². The number of ether oxygens (including phenoxy) is 2. The van der Waals surface area contributed by atoms with Gasteiger partial charge in [-0.2, -0.15) is 15.2 Å². The van der Waals surface area contributed by atoms with Crippen LogP contribution in [0.25, 0.3) is 10.8 Å². The Morgan fingerprint density at radius 2 is 1.95 bits per heavy atom. The number of benzene rings is 2. The molecule has 2 unspecified atom stereocenters. The lowest BCUT2D eigenvalue weighted by Gasteiger charge is -2.41. The highest BCUT2D eigenvalue weighted by Crippen LogP contribution is 2.34. The lowest BCUT2D eigenvalue weighted by atomic mass is 10.0. The molecule has 11 nitrogen and oxygen atoms in total. The Morgan fingerprint density at radius 3 is 2.78 bits per heavy atom. The molecule has 1 N–H and O–H groups in total. The van der Waals surface area contributed by atoms with Crippen LogP contribution < -0.4 is 14.5 Å². The minimum absolute atomic E-state index is 0.0665. The maximum absolute atomic E-state index is 11.8. The van der Waals surface area contributed by atoms with Gasteiger partial charge in [-0.25, -0.2) is 4.79 Å². The van der Waals surface area contributed by atoms with Gasteiger partial charge in [0.2, 0.25) is 0 Å². The third-order valence-electron chi connectivity index (χ3n) is 8.23. The standard InChI is InChI=1S/C30H35N7O4/c1-34-15-16-40-23(18-34)20-41-29-32-26-19-35(27-8-4-6-21-5-2-3-7-24(21)27)12-10-25(26)28(33-29)36-13-14-37(30(38)39)22(17-36)9-11-31/h2-8,22-23H,9-10,12-20H2,1H3,(H,38,39). The fourth-order valence-corrected chi connectivity index (χ4v) is 6.12. The molecule has 3 aliphatic rings. The van der Waals surface area contributed by atoms with Crippen LogP contribution in [-0.4, -0.2) is 103 Å². The summed E-state index contributed by atoms with van der Waals surface area (Å²) >= 11 is 0. The van der Waals surface area contributed by atoms with Crippen molar-refractivity contribution in [1.82, 2.24) is 19.8 Å². The van der Waals surface area contributed by atoms with Crippen LogP contribution in [0.15, 0.2) is 42.5 Å². The molecule has 41 heavy (non-hydrogen) atoms. The number of nitrogens with zero attached hydrogens (tertiary/aromatic N) is 7. The van der Waals surface area contributed by atoms with Crippen molar-refractivity contribution in [1.29, 1.82) is 5.26 Å². The van der Waals surface area contributed by atoms with E-state index in [1.54, 1.807) is 0 Å². The first-order valence-corrected chi connectivity index (χ1v) is 14.2. The van der Waals surface area contributed by atoms with Crippen molar-refractivity contribution < 1.29 is 19.4 Å². The molecule has 214 valence electrons. The number of anilines is 2. The number of carbonyl (C=O) groups is 1. The third kappa shape index (κ3) is 5.71. The van der Waals surface area contributed by atoms with Crippen LogP contribution in [0.4, 0.5) is 16.3 Å². The first kappa shape index (κ1) is 27.1. The molecule has 2 saturated heterocycles. The van der Waals surface area contributed by atoms with E-state index in [2.05, 4.69) is 70.3 Å². The molecule has 2 aromatic carbocycles. The molecule has 0 radical (unpaired) electrons. The van der Waals surface area contributed by atoms with Crippen LogP contribution in [-0.2, 0) is 17.7 Å². The Balaban J connectivity index is 1.32. The molecule has 0 bridgehead atoms. The first-order chi connectivity index (χ1) is 20.0. The second-order valence-electron chi connectivity index (χ2n) is 10.9. The number of hydrogen-bond donors (Lipinski definition) is 1. The van der Waals surface area contributed by atoms with Gasteiger partial charge < -0.3 is 34.2 Å². The number of fused-ring (bicyclic) bond motifs is 2. The molecule has 3 aromatic rings. The number of morpholine rings is 1. The van der Waals surface area contributed by atoms with Crippen LogP contribution in [0, 0.1) is 11.3 Å². The SMILES string of the molecule is CN1CCOC(COc2nc3c(c(N4CCN(C(=O)O)C(CC#N)C4)n2)CCN(c2cccc4ccccc24)C3)C1. The van der Waals surface area contributed by atoms with Gasteiger partial charge in [0.1, 0.15) is 18.5 Å². The molecule has 11 heteroatoms. The lowest BCUT2D eigenvalue weighted by Crippen LogP contribution is -2.55. The molecular formula is C30H35N7O4. The number of amides is 1. The predicted octanol–water partition coefficient (Wildman–Crippen LogP) is 2.98. The highest BCUT2D eigenvalue weighted by atomic mass is 16.5. The van der Waals surface area contributed by atoms with Crippen LogP contribution in [0.1, 0.15) is 17.7 Å². The van der Waals surface area contributed by atoms with Crippen molar-refractivity contribution in [2.45, 2.75) is 31.5 Å². The number of nitriles is 1. The van der Waals surface area contributed by atoms with Crippen LogP contribution in [0.2, 0.25) is 0 Å². The summed E-state index contributed by atoms with van der Waals surface area (Å²) in [6, 6.07) is 16.8. The van der Waals surface area contributed by atoms with Crippen molar-refractivity contribution in [2.24, 2.45) is 0 Å². The van der Waals surface area contributed by atoms with Crippen molar-refractivity contribution in [3.8, 4) is 12.1 Å². The van der Waals surface area contributed by atoms with Crippen molar-refractivity contribution >= 4 is 28.4 Å². The Hall–Kier alpha value is -4.14. The van der Waals surface area contributed by atoms with Crippen molar-refractivity contribution in [3.05, 3.63) is 53.7 Å². The van der Waals surface area contributed by atoms with Gasteiger partial charge in [0, 0.05) is 55.9 Å². The minimum Gasteiger partial charge on any atom is -0.465 e. The third-order valence-corrected chi connectivity index (χ3v) is 8.23. The smallest absolute Gasteiger partial charge is 0.407 e. The monoisotopic (exact) mass is 557 g/mol. The normalized spacial score (nSPS) is 21.4. The molecule has 0 aliphatic carbocycles. The van der Waals surface area contributed by atoms with E-state index >= 15 is 0 Å². The second kappa shape index (κ2) is 11.8. The topological polar surface area (TPSA) is 118 Å². The van der Waals surface area contributed by atoms with E-state index < -0.39 is 12.1 Å². The fraction of sp³-hybridized carbons (Fsp3) is 0.467. The average molecular weight is 558 g/mol. The van der Waals surface area contributed by atoms with Gasteiger partial charge in [-0.1, -0.05) is 36.4 Å². The average Bonchev–Trinajstić information content (AvgIpc) is 2.99.